The molecule has 176 valence electrons. The van der Waals surface area contributed by atoms with Crippen LogP contribution in [-0.2, 0) is 4.79 Å². The van der Waals surface area contributed by atoms with Gasteiger partial charge in [-0.05, 0) is 64.0 Å². The third kappa shape index (κ3) is 6.64. The molecule has 2 amide bonds. The first-order valence-electron chi connectivity index (χ1n) is 9.42. The molecule has 0 aliphatic heterocycles. The summed E-state index contributed by atoms with van der Waals surface area (Å²) >= 11 is 3.20. The fraction of sp³-hybridized carbons (Fsp3) is 0.0435. The number of benzene rings is 3. The van der Waals surface area contributed by atoms with E-state index in [-0.39, 0.29) is 16.8 Å². The summed E-state index contributed by atoms with van der Waals surface area (Å²) in [5.41, 5.74) is -0.631. The van der Waals surface area contributed by atoms with Crippen LogP contribution in [0.3, 0.4) is 0 Å². The van der Waals surface area contributed by atoms with Gasteiger partial charge in [0.25, 0.3) is 11.8 Å². The molecular formula is C23H14BrF5N2O3. The van der Waals surface area contributed by atoms with Gasteiger partial charge in [0.1, 0.15) is 5.70 Å². The summed E-state index contributed by atoms with van der Waals surface area (Å²) in [6.07, 6.45) is -3.97. The summed E-state index contributed by atoms with van der Waals surface area (Å²) in [5.74, 6) is -4.79. The van der Waals surface area contributed by atoms with E-state index in [4.69, 9.17) is 0 Å². The molecular weight excluding hydrogens is 527 g/mol. The van der Waals surface area contributed by atoms with Gasteiger partial charge in [-0.15, -0.1) is 13.2 Å². The fourth-order valence-electron chi connectivity index (χ4n) is 2.74. The lowest BCUT2D eigenvalue weighted by Gasteiger charge is -2.15. The van der Waals surface area contributed by atoms with E-state index in [0.29, 0.717) is 4.47 Å². The summed E-state index contributed by atoms with van der Waals surface area (Å²) in [6.45, 7) is 0. The van der Waals surface area contributed by atoms with Crippen LogP contribution in [-0.4, -0.2) is 18.2 Å². The summed E-state index contributed by atoms with van der Waals surface area (Å²) in [6, 6.07) is 13.8. The molecule has 34 heavy (non-hydrogen) atoms. The maximum atomic E-state index is 13.6. The first-order valence-corrected chi connectivity index (χ1v) is 10.2. The molecule has 0 fully saturated rings. The second-order valence-electron chi connectivity index (χ2n) is 6.66. The van der Waals surface area contributed by atoms with Crippen LogP contribution in [0.4, 0.5) is 27.6 Å². The first kappa shape index (κ1) is 24.9. The number of nitrogens with one attached hydrogen (secondary N) is 2. The minimum absolute atomic E-state index is 0.0105. The molecule has 0 atom stereocenters. The second kappa shape index (κ2) is 10.5. The van der Waals surface area contributed by atoms with Crippen LogP contribution < -0.4 is 15.4 Å². The zero-order chi connectivity index (χ0) is 24.9. The number of amides is 2. The molecule has 5 nitrogen and oxygen atoms in total. The summed E-state index contributed by atoms with van der Waals surface area (Å²) in [7, 11) is 0. The molecule has 0 saturated carbocycles. The average molecular weight is 541 g/mol. The number of ether oxygens (including phenoxy) is 1. The van der Waals surface area contributed by atoms with Crippen LogP contribution in [0.15, 0.2) is 76.9 Å². The van der Waals surface area contributed by atoms with Crippen molar-refractivity contribution in [3.63, 3.8) is 0 Å². The monoisotopic (exact) mass is 540 g/mol. The highest BCUT2D eigenvalue weighted by Gasteiger charge is 2.32. The summed E-state index contributed by atoms with van der Waals surface area (Å²) in [5, 5.41) is 4.57. The molecule has 0 radical (unpaired) electrons. The Bertz CT molecular complexity index is 1260. The number of anilines is 1. The Morgan fingerprint density at radius 2 is 1.59 bits per heavy atom. The van der Waals surface area contributed by atoms with Crippen molar-refractivity contribution in [2.75, 3.05) is 5.32 Å². The van der Waals surface area contributed by atoms with E-state index in [1.165, 1.54) is 18.2 Å². The van der Waals surface area contributed by atoms with Crippen LogP contribution in [0, 0.1) is 11.6 Å². The number of rotatable bonds is 6. The number of carbonyl (C=O) groups excluding carboxylic acids is 2. The fourth-order valence-corrected chi connectivity index (χ4v) is 3.20. The predicted molar refractivity (Wildman–Crippen MR) is 118 cm³/mol. The van der Waals surface area contributed by atoms with E-state index in [1.54, 1.807) is 18.2 Å². The summed E-state index contributed by atoms with van der Waals surface area (Å²) in [4.78, 5) is 25.7. The van der Waals surface area contributed by atoms with Crippen LogP contribution in [0.5, 0.6) is 5.75 Å². The molecule has 0 saturated heterocycles. The number of para-hydroxylation sites is 2. The molecule has 3 rings (SSSR count). The van der Waals surface area contributed by atoms with Crippen molar-refractivity contribution in [2.24, 2.45) is 0 Å². The van der Waals surface area contributed by atoms with Crippen molar-refractivity contribution >= 4 is 39.5 Å². The van der Waals surface area contributed by atoms with Gasteiger partial charge in [0.15, 0.2) is 17.4 Å². The maximum absolute atomic E-state index is 13.6. The zero-order valence-corrected chi connectivity index (χ0v) is 18.5. The number of halogens is 6. The highest BCUT2D eigenvalue weighted by atomic mass is 79.9. The Morgan fingerprint density at radius 3 is 2.26 bits per heavy atom. The van der Waals surface area contributed by atoms with Gasteiger partial charge in [0.05, 0.1) is 11.3 Å². The smallest absolute Gasteiger partial charge is 0.404 e. The molecule has 0 bridgehead atoms. The van der Waals surface area contributed by atoms with E-state index >= 15 is 0 Å². The van der Waals surface area contributed by atoms with Crippen molar-refractivity contribution in [3.05, 3.63) is 99.7 Å². The lowest BCUT2D eigenvalue weighted by Crippen LogP contribution is -2.31. The molecule has 0 unspecified atom stereocenters. The summed E-state index contributed by atoms with van der Waals surface area (Å²) < 4.78 is 69.3. The van der Waals surface area contributed by atoms with Gasteiger partial charge in [-0.3, -0.25) is 9.59 Å². The standard InChI is InChI=1S/C23H14BrF5N2O3/c24-15-6-2-1-5-14(15)21(32)31-19(12-13-9-10-16(25)17(26)11-13)22(33)30-18-7-3-4-8-20(18)34-23(27,28)29/h1-12H,(H,30,33)(H,31,32)/b19-12-. The molecule has 0 spiro atoms. The van der Waals surface area contributed by atoms with Crippen LogP contribution in [0.25, 0.3) is 6.08 Å². The Hall–Kier alpha value is -3.73. The third-order valence-electron chi connectivity index (χ3n) is 4.23. The molecule has 3 aromatic carbocycles. The predicted octanol–water partition coefficient (Wildman–Crippen LogP) is 6.04. The van der Waals surface area contributed by atoms with Gasteiger partial charge in [-0.25, -0.2) is 8.78 Å². The maximum Gasteiger partial charge on any atom is 0.573 e. The first-order chi connectivity index (χ1) is 16.0. The number of hydrogen-bond acceptors (Lipinski definition) is 3. The van der Waals surface area contributed by atoms with Crippen molar-refractivity contribution in [1.29, 1.82) is 0 Å². The van der Waals surface area contributed by atoms with Gasteiger partial charge in [-0.1, -0.05) is 30.3 Å². The lowest BCUT2D eigenvalue weighted by molar-refractivity contribution is -0.274. The molecule has 2 N–H and O–H groups in total. The van der Waals surface area contributed by atoms with E-state index in [1.807, 2.05) is 0 Å². The molecule has 0 aliphatic carbocycles. The van der Waals surface area contributed by atoms with Crippen molar-refractivity contribution in [1.82, 2.24) is 5.32 Å². The van der Waals surface area contributed by atoms with Gasteiger partial charge >= 0.3 is 6.36 Å². The van der Waals surface area contributed by atoms with Gasteiger partial charge in [-0.2, -0.15) is 0 Å². The van der Waals surface area contributed by atoms with Gasteiger partial charge in [0, 0.05) is 4.47 Å². The molecule has 11 heteroatoms. The highest BCUT2D eigenvalue weighted by Crippen LogP contribution is 2.30. The topological polar surface area (TPSA) is 67.4 Å². The van der Waals surface area contributed by atoms with E-state index in [9.17, 15) is 31.5 Å². The van der Waals surface area contributed by atoms with E-state index in [2.05, 4.69) is 31.3 Å². The van der Waals surface area contributed by atoms with Crippen LogP contribution in [0.2, 0.25) is 0 Å². The zero-order valence-electron chi connectivity index (χ0n) is 16.9. The SMILES string of the molecule is O=C(Nc1ccccc1OC(F)(F)F)/C(=C/c1ccc(F)c(F)c1)NC(=O)c1ccccc1Br. The van der Waals surface area contributed by atoms with Crippen LogP contribution >= 0.6 is 15.9 Å². The second-order valence-corrected chi connectivity index (χ2v) is 7.52. The van der Waals surface area contributed by atoms with E-state index < -0.39 is 41.3 Å². The molecule has 0 aliphatic rings. The molecule has 0 aromatic heterocycles. The van der Waals surface area contributed by atoms with Crippen molar-refractivity contribution in [2.45, 2.75) is 6.36 Å². The third-order valence-corrected chi connectivity index (χ3v) is 4.92. The highest BCUT2D eigenvalue weighted by molar-refractivity contribution is 9.10. The average Bonchev–Trinajstić information content (AvgIpc) is 2.76. The number of alkyl halides is 3. The van der Waals surface area contributed by atoms with Crippen LogP contribution in [0.1, 0.15) is 15.9 Å². The minimum atomic E-state index is -5.01. The lowest BCUT2D eigenvalue weighted by atomic mass is 10.1. The van der Waals surface area contributed by atoms with Gasteiger partial charge < -0.3 is 15.4 Å². The molecule has 0 heterocycles. The van der Waals surface area contributed by atoms with Crippen molar-refractivity contribution in [3.8, 4) is 5.75 Å². The Kier molecular flexibility index (Phi) is 7.67. The Morgan fingerprint density at radius 1 is 0.912 bits per heavy atom. The quantitative estimate of drug-likeness (QED) is 0.296. The molecule has 3 aromatic rings. The number of carbonyl (C=O) groups is 2. The largest absolute Gasteiger partial charge is 0.573 e. The normalized spacial score (nSPS) is 11.6. The van der Waals surface area contributed by atoms with Crippen molar-refractivity contribution < 1.29 is 36.3 Å². The number of hydrogen-bond donors (Lipinski definition) is 2. The van der Waals surface area contributed by atoms with Gasteiger partial charge in [0.2, 0.25) is 0 Å². The Labute approximate surface area is 198 Å². The Balaban J connectivity index is 1.96. The minimum Gasteiger partial charge on any atom is -0.404 e. The van der Waals surface area contributed by atoms with E-state index in [0.717, 1.165) is 36.4 Å².